The van der Waals surface area contributed by atoms with Crippen LogP contribution in [-0.4, -0.2) is 24.5 Å². The van der Waals surface area contributed by atoms with Crippen molar-refractivity contribution in [3.8, 4) is 5.75 Å². The number of carbonyl (C=O) groups is 3. The van der Waals surface area contributed by atoms with Crippen LogP contribution in [0.1, 0.15) is 56.6 Å². The fraction of sp³-hybridized carbons (Fsp3) is 0.414. The summed E-state index contributed by atoms with van der Waals surface area (Å²) in [5.41, 5.74) is 2.48. The van der Waals surface area contributed by atoms with E-state index in [1.807, 2.05) is 25.1 Å². The van der Waals surface area contributed by atoms with Crippen LogP contribution in [0.5, 0.6) is 5.75 Å². The normalized spacial score (nSPS) is 30.2. The number of ether oxygens (including phenoxy) is 1. The van der Waals surface area contributed by atoms with E-state index in [2.05, 4.69) is 33.4 Å². The average Bonchev–Trinajstić information content (AvgIpc) is 2.83. The second-order valence-electron chi connectivity index (χ2n) is 10.8. The molecular weight excluding hydrogens is 520 g/mol. The number of anilines is 1. The minimum absolute atomic E-state index is 0.112. The van der Waals surface area contributed by atoms with Crippen LogP contribution in [-0.2, 0) is 15.0 Å². The van der Waals surface area contributed by atoms with Gasteiger partial charge in [0.25, 0.3) is 11.8 Å². The summed E-state index contributed by atoms with van der Waals surface area (Å²) < 4.78 is 6.45. The largest absolute Gasteiger partial charge is 0.493 e. The van der Waals surface area contributed by atoms with Gasteiger partial charge in [0.15, 0.2) is 0 Å². The van der Waals surface area contributed by atoms with Gasteiger partial charge in [-0.05, 0) is 111 Å². The SMILES string of the molecule is CCOc1ccc(Br)cc1/C=C1\C(=O)NC(=O)N(c2ccc(C34CC5CC(CC(C5)C3)C4)cc2)C1=O. The number of carbonyl (C=O) groups excluding carboxylic acids is 3. The standard InChI is InChI=1S/C29H29BrN2O4/c1-2-36-25-8-5-22(30)12-20(25)13-24-26(33)31-28(35)32(27(24)34)23-6-3-21(4-7-23)29-14-17-9-18(15-29)11-19(10-17)16-29/h3-8,12-13,17-19H,2,9-11,14-16H2,1H3,(H,31,33,35)/b24-13+. The number of rotatable bonds is 5. The Kier molecular flexibility index (Phi) is 5.78. The molecule has 186 valence electrons. The fourth-order valence-corrected chi connectivity index (χ4v) is 7.77. The van der Waals surface area contributed by atoms with Gasteiger partial charge < -0.3 is 4.74 Å². The van der Waals surface area contributed by atoms with Crippen molar-refractivity contribution in [2.24, 2.45) is 17.8 Å². The summed E-state index contributed by atoms with van der Waals surface area (Å²) in [6, 6.07) is 12.5. The smallest absolute Gasteiger partial charge is 0.335 e. The summed E-state index contributed by atoms with van der Waals surface area (Å²) >= 11 is 3.43. The Hall–Kier alpha value is -2.93. The highest BCUT2D eigenvalue weighted by molar-refractivity contribution is 9.10. The molecule has 0 atom stereocenters. The van der Waals surface area contributed by atoms with Crippen LogP contribution in [0.4, 0.5) is 10.5 Å². The van der Waals surface area contributed by atoms with Crippen molar-refractivity contribution >= 4 is 45.5 Å². The number of halogens is 1. The molecule has 5 fully saturated rings. The Morgan fingerprint density at radius 3 is 2.25 bits per heavy atom. The number of hydrogen-bond donors (Lipinski definition) is 1. The van der Waals surface area contributed by atoms with Gasteiger partial charge in [-0.2, -0.15) is 0 Å². The van der Waals surface area contributed by atoms with Crippen LogP contribution in [0, 0.1) is 17.8 Å². The van der Waals surface area contributed by atoms with E-state index in [9.17, 15) is 14.4 Å². The number of nitrogens with zero attached hydrogens (tertiary/aromatic N) is 1. The summed E-state index contributed by atoms with van der Waals surface area (Å²) in [4.78, 5) is 39.9. The van der Waals surface area contributed by atoms with E-state index in [1.54, 1.807) is 12.1 Å². The lowest BCUT2D eigenvalue weighted by Gasteiger charge is -2.57. The molecule has 4 aliphatic carbocycles. The van der Waals surface area contributed by atoms with Crippen LogP contribution in [0.15, 0.2) is 52.5 Å². The number of hydrogen-bond acceptors (Lipinski definition) is 4. The minimum atomic E-state index is -0.732. The van der Waals surface area contributed by atoms with Crippen LogP contribution < -0.4 is 15.0 Å². The lowest BCUT2D eigenvalue weighted by molar-refractivity contribution is -0.122. The summed E-state index contributed by atoms with van der Waals surface area (Å²) in [6.07, 6.45) is 9.37. The van der Waals surface area contributed by atoms with E-state index in [0.717, 1.165) is 27.1 Å². The average molecular weight is 549 g/mol. The molecule has 1 aliphatic heterocycles. The molecule has 36 heavy (non-hydrogen) atoms. The van der Waals surface area contributed by atoms with Crippen molar-refractivity contribution < 1.29 is 19.1 Å². The summed E-state index contributed by atoms with van der Waals surface area (Å²) in [5.74, 6) is 1.70. The van der Waals surface area contributed by atoms with Crippen molar-refractivity contribution in [1.82, 2.24) is 5.32 Å². The number of nitrogens with one attached hydrogen (secondary N) is 1. The van der Waals surface area contributed by atoms with Gasteiger partial charge in [-0.15, -0.1) is 0 Å². The number of amides is 4. The zero-order chi connectivity index (χ0) is 25.0. The van der Waals surface area contributed by atoms with Gasteiger partial charge >= 0.3 is 6.03 Å². The van der Waals surface area contributed by atoms with Crippen LogP contribution >= 0.6 is 15.9 Å². The zero-order valence-electron chi connectivity index (χ0n) is 20.3. The molecule has 0 aromatic heterocycles. The molecule has 7 heteroatoms. The second kappa shape index (κ2) is 8.87. The molecule has 0 unspecified atom stereocenters. The molecule has 4 amide bonds. The first-order valence-electron chi connectivity index (χ1n) is 12.8. The molecule has 2 aromatic carbocycles. The maximum atomic E-state index is 13.4. The van der Waals surface area contributed by atoms with Crippen LogP contribution in [0.3, 0.4) is 0 Å². The Morgan fingerprint density at radius 2 is 1.64 bits per heavy atom. The molecule has 4 saturated carbocycles. The molecule has 1 heterocycles. The summed E-state index contributed by atoms with van der Waals surface area (Å²) in [7, 11) is 0. The Balaban J connectivity index is 1.30. The summed E-state index contributed by atoms with van der Waals surface area (Å²) in [6.45, 7) is 2.31. The highest BCUT2D eigenvalue weighted by Crippen LogP contribution is 2.60. The molecule has 1 saturated heterocycles. The Labute approximate surface area is 219 Å². The predicted molar refractivity (Wildman–Crippen MR) is 141 cm³/mol. The number of barbiturate groups is 1. The van der Waals surface area contributed by atoms with Gasteiger partial charge in [0.1, 0.15) is 11.3 Å². The van der Waals surface area contributed by atoms with E-state index >= 15 is 0 Å². The highest BCUT2D eigenvalue weighted by atomic mass is 79.9. The van der Waals surface area contributed by atoms with Gasteiger partial charge in [-0.1, -0.05) is 28.1 Å². The van der Waals surface area contributed by atoms with Crippen molar-refractivity contribution in [2.75, 3.05) is 11.5 Å². The first-order chi connectivity index (χ1) is 17.3. The molecule has 0 radical (unpaired) electrons. The molecule has 7 rings (SSSR count). The minimum Gasteiger partial charge on any atom is -0.493 e. The summed E-state index contributed by atoms with van der Waals surface area (Å²) in [5, 5.41) is 2.32. The third-order valence-electron chi connectivity index (χ3n) is 8.45. The number of imide groups is 2. The van der Waals surface area contributed by atoms with Gasteiger partial charge in [-0.25, -0.2) is 9.69 Å². The third-order valence-corrected chi connectivity index (χ3v) is 8.94. The molecule has 2 aromatic rings. The molecule has 5 aliphatic rings. The maximum absolute atomic E-state index is 13.4. The molecular formula is C29H29BrN2O4. The van der Waals surface area contributed by atoms with Crippen LogP contribution in [0.2, 0.25) is 0 Å². The first-order valence-corrected chi connectivity index (χ1v) is 13.6. The van der Waals surface area contributed by atoms with Gasteiger partial charge in [0, 0.05) is 10.0 Å². The third kappa shape index (κ3) is 3.97. The van der Waals surface area contributed by atoms with E-state index < -0.39 is 17.8 Å². The van der Waals surface area contributed by atoms with E-state index in [0.29, 0.717) is 23.6 Å². The predicted octanol–water partition coefficient (Wildman–Crippen LogP) is 5.98. The van der Waals surface area contributed by atoms with Crippen molar-refractivity contribution in [1.29, 1.82) is 0 Å². The van der Waals surface area contributed by atoms with Crippen molar-refractivity contribution in [3.63, 3.8) is 0 Å². The van der Waals surface area contributed by atoms with Crippen LogP contribution in [0.25, 0.3) is 6.08 Å². The van der Waals surface area contributed by atoms with Gasteiger partial charge in [0.2, 0.25) is 0 Å². The van der Waals surface area contributed by atoms with Gasteiger partial charge in [-0.3, -0.25) is 14.9 Å². The monoisotopic (exact) mass is 548 g/mol. The second-order valence-corrected chi connectivity index (χ2v) is 11.7. The number of benzene rings is 2. The maximum Gasteiger partial charge on any atom is 0.335 e. The van der Waals surface area contributed by atoms with E-state index in [-0.39, 0.29) is 11.0 Å². The molecule has 1 N–H and O–H groups in total. The molecule has 4 bridgehead atoms. The Morgan fingerprint density at radius 1 is 1.00 bits per heavy atom. The van der Waals surface area contributed by atoms with E-state index in [1.165, 1.54) is 50.2 Å². The fourth-order valence-electron chi connectivity index (χ4n) is 7.39. The molecule has 0 spiro atoms. The topological polar surface area (TPSA) is 75.7 Å². The highest BCUT2D eigenvalue weighted by Gasteiger charge is 2.51. The van der Waals surface area contributed by atoms with Crippen molar-refractivity contribution in [2.45, 2.75) is 50.9 Å². The Bertz CT molecular complexity index is 1250. The zero-order valence-corrected chi connectivity index (χ0v) is 21.8. The molecule has 6 nitrogen and oxygen atoms in total. The lowest BCUT2D eigenvalue weighted by Crippen LogP contribution is -2.54. The van der Waals surface area contributed by atoms with Gasteiger partial charge in [0.05, 0.1) is 12.3 Å². The number of urea groups is 1. The lowest BCUT2D eigenvalue weighted by atomic mass is 9.48. The quantitative estimate of drug-likeness (QED) is 0.368. The first kappa shape index (κ1) is 23.5. The van der Waals surface area contributed by atoms with E-state index in [4.69, 9.17) is 4.74 Å². The van der Waals surface area contributed by atoms with Crippen molar-refractivity contribution in [3.05, 3.63) is 63.6 Å².